The van der Waals surface area contributed by atoms with Crippen LogP contribution in [-0.2, 0) is 24.1 Å². The van der Waals surface area contributed by atoms with E-state index in [1.165, 1.54) is 18.7 Å². The molecule has 1 aliphatic rings. The topological polar surface area (TPSA) is 126 Å². The molecule has 0 saturated heterocycles. The first-order valence-corrected chi connectivity index (χ1v) is 9.49. The van der Waals surface area contributed by atoms with Crippen LogP contribution in [0.15, 0.2) is 9.59 Å². The molecule has 0 aliphatic heterocycles. The average Bonchev–Trinajstić information content (AvgIpc) is 2.51. The van der Waals surface area contributed by atoms with Gasteiger partial charge in [0.15, 0.2) is 5.56 Å². The molecule has 1 aliphatic carbocycles. The van der Waals surface area contributed by atoms with Gasteiger partial charge in [-0.3, -0.25) is 13.9 Å². The van der Waals surface area contributed by atoms with Gasteiger partial charge in [0, 0.05) is 26.2 Å². The molecule has 1 aromatic heterocycles. The van der Waals surface area contributed by atoms with Crippen molar-refractivity contribution in [3.8, 4) is 6.07 Å². The van der Waals surface area contributed by atoms with Crippen molar-refractivity contribution in [1.29, 1.82) is 5.26 Å². The lowest BCUT2D eigenvalue weighted by molar-refractivity contribution is 0.377. The summed E-state index contributed by atoms with van der Waals surface area (Å²) in [6.07, 6.45) is 4.17. The van der Waals surface area contributed by atoms with Crippen molar-refractivity contribution in [1.82, 2.24) is 13.9 Å². The van der Waals surface area contributed by atoms with E-state index in [0.29, 0.717) is 12.8 Å². The Kier molecular flexibility index (Phi) is 5.15. The minimum Gasteiger partial charge on any atom is -0.366 e. The number of nitrogens with one attached hydrogen (secondary N) is 2. The molecule has 0 aromatic carbocycles. The third-order valence-corrected chi connectivity index (χ3v) is 4.96. The number of sulfonamides is 1. The molecule has 0 spiro atoms. The normalized spacial score (nSPS) is 21.2. The van der Waals surface area contributed by atoms with Crippen molar-refractivity contribution >= 4 is 15.8 Å². The molecule has 0 radical (unpaired) electrons. The number of hydrogen-bond acceptors (Lipinski definition) is 6. The van der Waals surface area contributed by atoms with Crippen molar-refractivity contribution in [3.05, 3.63) is 26.4 Å². The highest BCUT2D eigenvalue weighted by molar-refractivity contribution is 7.88. The Morgan fingerprint density at radius 2 is 1.71 bits per heavy atom. The van der Waals surface area contributed by atoms with Gasteiger partial charge in [0.25, 0.3) is 5.56 Å². The second-order valence-electron chi connectivity index (χ2n) is 6.07. The largest absolute Gasteiger partial charge is 0.366 e. The minimum atomic E-state index is -3.39. The number of anilines is 1. The zero-order chi connectivity index (χ0) is 18.1. The lowest BCUT2D eigenvalue weighted by atomic mass is 9.91. The van der Waals surface area contributed by atoms with Crippen LogP contribution < -0.4 is 21.3 Å². The fraction of sp³-hybridized carbons (Fsp3) is 0.643. The van der Waals surface area contributed by atoms with Crippen LogP contribution in [0.5, 0.6) is 0 Å². The van der Waals surface area contributed by atoms with Gasteiger partial charge in [-0.25, -0.2) is 17.9 Å². The van der Waals surface area contributed by atoms with Crippen LogP contribution in [0.3, 0.4) is 0 Å². The second-order valence-corrected chi connectivity index (χ2v) is 7.85. The summed E-state index contributed by atoms with van der Waals surface area (Å²) in [7, 11) is -0.613. The predicted octanol–water partition coefficient (Wildman–Crippen LogP) is -0.772. The third kappa shape index (κ3) is 3.68. The molecule has 24 heavy (non-hydrogen) atoms. The Morgan fingerprint density at radius 1 is 1.12 bits per heavy atom. The molecule has 1 aromatic rings. The molecular weight excluding hydrogens is 334 g/mol. The molecule has 0 amide bonds. The number of aromatic nitrogens is 2. The van der Waals surface area contributed by atoms with E-state index in [9.17, 15) is 23.3 Å². The molecule has 2 rings (SSSR count). The third-order valence-electron chi connectivity index (χ3n) is 4.23. The fourth-order valence-corrected chi connectivity index (χ4v) is 3.84. The summed E-state index contributed by atoms with van der Waals surface area (Å²) in [5, 5.41) is 12.3. The van der Waals surface area contributed by atoms with Gasteiger partial charge in [-0.1, -0.05) is 12.8 Å². The Balaban J connectivity index is 2.44. The smallest absolute Gasteiger partial charge is 0.332 e. The van der Waals surface area contributed by atoms with Gasteiger partial charge in [-0.2, -0.15) is 5.26 Å². The molecule has 0 unspecified atom stereocenters. The van der Waals surface area contributed by atoms with E-state index in [1.807, 2.05) is 6.07 Å². The van der Waals surface area contributed by atoms with Gasteiger partial charge in [0.05, 0.1) is 6.26 Å². The summed E-state index contributed by atoms with van der Waals surface area (Å²) < 4.78 is 27.7. The quantitative estimate of drug-likeness (QED) is 0.730. The highest BCUT2D eigenvalue weighted by Gasteiger charge is 2.29. The first-order chi connectivity index (χ1) is 11.2. The summed E-state index contributed by atoms with van der Waals surface area (Å²) in [4.78, 5) is 24.2. The first kappa shape index (κ1) is 18.2. The zero-order valence-corrected chi connectivity index (χ0v) is 14.7. The SMILES string of the molecule is Cn1c(N[C@@H]2CCCC[C@@H]2NS(C)(=O)=O)c(C#N)c(=O)n(C)c1=O. The maximum absolute atomic E-state index is 12.1. The molecule has 10 heteroatoms. The highest BCUT2D eigenvalue weighted by Crippen LogP contribution is 2.23. The maximum Gasteiger partial charge on any atom is 0.332 e. The van der Waals surface area contributed by atoms with E-state index in [1.54, 1.807) is 0 Å². The lowest BCUT2D eigenvalue weighted by Gasteiger charge is -2.33. The summed E-state index contributed by atoms with van der Waals surface area (Å²) in [5.74, 6) is 0.123. The number of hydrogen-bond donors (Lipinski definition) is 2. The van der Waals surface area contributed by atoms with Crippen LogP contribution in [0.2, 0.25) is 0 Å². The van der Waals surface area contributed by atoms with E-state index < -0.39 is 21.3 Å². The number of rotatable bonds is 4. The lowest BCUT2D eigenvalue weighted by Crippen LogP contribution is -2.49. The fourth-order valence-electron chi connectivity index (χ4n) is 3.01. The summed E-state index contributed by atoms with van der Waals surface area (Å²) in [5.41, 5.74) is -1.39. The maximum atomic E-state index is 12.1. The van der Waals surface area contributed by atoms with E-state index in [0.717, 1.165) is 23.7 Å². The summed E-state index contributed by atoms with van der Waals surface area (Å²) in [6.45, 7) is 0. The minimum absolute atomic E-state index is 0.123. The summed E-state index contributed by atoms with van der Waals surface area (Å²) in [6, 6.07) is 1.16. The van der Waals surface area contributed by atoms with Gasteiger partial charge in [0.2, 0.25) is 10.0 Å². The van der Waals surface area contributed by atoms with Crippen molar-refractivity contribution < 1.29 is 8.42 Å². The van der Waals surface area contributed by atoms with E-state index >= 15 is 0 Å². The Morgan fingerprint density at radius 3 is 2.25 bits per heavy atom. The molecule has 0 bridgehead atoms. The van der Waals surface area contributed by atoms with Crippen LogP contribution in [0.4, 0.5) is 5.82 Å². The molecule has 132 valence electrons. The van der Waals surface area contributed by atoms with Crippen LogP contribution in [0, 0.1) is 11.3 Å². The van der Waals surface area contributed by atoms with Gasteiger partial charge >= 0.3 is 5.69 Å². The molecule has 9 nitrogen and oxygen atoms in total. The van der Waals surface area contributed by atoms with Gasteiger partial charge in [0.1, 0.15) is 11.9 Å². The monoisotopic (exact) mass is 355 g/mol. The average molecular weight is 355 g/mol. The van der Waals surface area contributed by atoms with Crippen LogP contribution in [0.25, 0.3) is 0 Å². The standard InChI is InChI=1S/C14H21N5O4S/c1-18-12(9(8-15)13(20)19(2)14(18)21)16-10-6-4-5-7-11(10)17-24(3,22)23/h10-11,16-17H,4-7H2,1-3H3/t10-,11+/m1/s1. The van der Waals surface area contributed by atoms with Crippen LogP contribution in [-0.4, -0.2) is 35.9 Å². The highest BCUT2D eigenvalue weighted by atomic mass is 32.2. The van der Waals surface area contributed by atoms with Crippen molar-refractivity contribution in [2.45, 2.75) is 37.8 Å². The molecule has 2 atom stereocenters. The molecule has 1 heterocycles. The Bertz CT molecular complexity index is 893. The van der Waals surface area contributed by atoms with Crippen molar-refractivity contribution in [3.63, 3.8) is 0 Å². The van der Waals surface area contributed by atoms with Crippen LogP contribution in [0.1, 0.15) is 31.2 Å². The van der Waals surface area contributed by atoms with Gasteiger partial charge in [-0.05, 0) is 12.8 Å². The number of nitrogens with zero attached hydrogens (tertiary/aromatic N) is 3. The number of nitriles is 1. The molecule has 1 saturated carbocycles. The van der Waals surface area contributed by atoms with Gasteiger partial charge in [-0.15, -0.1) is 0 Å². The Labute approximate surface area is 140 Å². The van der Waals surface area contributed by atoms with Crippen LogP contribution >= 0.6 is 0 Å². The zero-order valence-electron chi connectivity index (χ0n) is 13.9. The van der Waals surface area contributed by atoms with E-state index in [4.69, 9.17) is 0 Å². The van der Waals surface area contributed by atoms with E-state index in [-0.39, 0.29) is 23.5 Å². The predicted molar refractivity (Wildman–Crippen MR) is 89.3 cm³/mol. The first-order valence-electron chi connectivity index (χ1n) is 7.59. The molecule has 2 N–H and O–H groups in total. The Hall–Kier alpha value is -2.12. The second kappa shape index (κ2) is 6.78. The molecular formula is C14H21N5O4S. The van der Waals surface area contributed by atoms with E-state index in [2.05, 4.69) is 10.0 Å². The summed E-state index contributed by atoms with van der Waals surface area (Å²) >= 11 is 0. The van der Waals surface area contributed by atoms with Gasteiger partial charge < -0.3 is 5.32 Å². The molecule has 1 fully saturated rings. The van der Waals surface area contributed by atoms with Crippen molar-refractivity contribution in [2.75, 3.05) is 11.6 Å². The van der Waals surface area contributed by atoms with Crippen molar-refractivity contribution in [2.24, 2.45) is 14.1 Å².